The SMILES string of the molecule is CCC(C)C(C(=O)NC1C(=O)NC(Cc2ccccc2)C(=O)NC=Cc2ccc(cc2)OC1C(C)C)N(C)C. The Morgan fingerprint density at radius 3 is 2.26 bits per heavy atom. The first-order valence-electron chi connectivity index (χ1n) is 13.7. The number of hydrogen-bond acceptors (Lipinski definition) is 5. The van der Waals surface area contributed by atoms with Crippen LogP contribution in [0.1, 0.15) is 45.2 Å². The lowest BCUT2D eigenvalue weighted by Gasteiger charge is -2.35. The summed E-state index contributed by atoms with van der Waals surface area (Å²) >= 11 is 0. The van der Waals surface area contributed by atoms with Crippen molar-refractivity contribution >= 4 is 23.8 Å². The second-order valence-corrected chi connectivity index (χ2v) is 10.8. The van der Waals surface area contributed by atoms with Crippen molar-refractivity contribution in [1.82, 2.24) is 20.9 Å². The number of likely N-dealkylation sites (N-methyl/N-ethyl adjacent to an activating group) is 1. The van der Waals surface area contributed by atoms with Crippen LogP contribution in [0.2, 0.25) is 0 Å². The molecular formula is C31H42N4O4. The number of fused-ring (bicyclic) bond motifs is 10. The zero-order valence-corrected chi connectivity index (χ0v) is 23.8. The Balaban J connectivity index is 2.03. The average Bonchev–Trinajstić information content (AvgIpc) is 2.90. The fraction of sp³-hybridized carbons (Fsp3) is 0.452. The molecule has 8 heteroatoms. The van der Waals surface area contributed by atoms with Crippen molar-refractivity contribution in [3.05, 3.63) is 71.9 Å². The molecule has 4 rings (SSSR count). The first-order valence-corrected chi connectivity index (χ1v) is 13.7. The lowest BCUT2D eigenvalue weighted by atomic mass is 9.94. The Morgan fingerprint density at radius 1 is 1.00 bits per heavy atom. The normalized spacial score (nSPS) is 21.5. The van der Waals surface area contributed by atoms with E-state index in [9.17, 15) is 14.4 Å². The number of nitrogens with zero attached hydrogens (tertiary/aromatic N) is 1. The smallest absolute Gasteiger partial charge is 0.247 e. The average molecular weight is 535 g/mol. The molecule has 5 atom stereocenters. The third kappa shape index (κ3) is 8.17. The third-order valence-electron chi connectivity index (χ3n) is 7.14. The van der Waals surface area contributed by atoms with Gasteiger partial charge in [0.05, 0.1) is 6.04 Å². The molecule has 2 bridgehead atoms. The highest BCUT2D eigenvalue weighted by Gasteiger charge is 2.38. The molecule has 0 fully saturated rings. The van der Waals surface area contributed by atoms with Crippen molar-refractivity contribution in [3.8, 4) is 5.75 Å². The van der Waals surface area contributed by atoms with E-state index in [1.54, 1.807) is 12.3 Å². The van der Waals surface area contributed by atoms with Crippen molar-refractivity contribution < 1.29 is 19.1 Å². The molecule has 3 N–H and O–H groups in total. The van der Waals surface area contributed by atoms with Crippen molar-refractivity contribution in [2.75, 3.05) is 14.1 Å². The topological polar surface area (TPSA) is 99.8 Å². The Morgan fingerprint density at radius 2 is 1.67 bits per heavy atom. The first-order chi connectivity index (χ1) is 18.6. The highest BCUT2D eigenvalue weighted by atomic mass is 16.5. The Labute approximate surface area is 232 Å². The van der Waals surface area contributed by atoms with E-state index >= 15 is 0 Å². The molecule has 0 saturated heterocycles. The van der Waals surface area contributed by atoms with Gasteiger partial charge in [0.1, 0.15) is 23.9 Å². The summed E-state index contributed by atoms with van der Waals surface area (Å²) in [7, 11) is 3.71. The predicted octanol–water partition coefficient (Wildman–Crippen LogP) is 3.38. The van der Waals surface area contributed by atoms with Crippen LogP contribution < -0.4 is 20.7 Å². The molecule has 8 nitrogen and oxygen atoms in total. The molecule has 2 aromatic carbocycles. The minimum absolute atomic E-state index is 0.0657. The van der Waals surface area contributed by atoms with E-state index in [1.807, 2.05) is 101 Å². The monoisotopic (exact) mass is 534 g/mol. The fourth-order valence-electron chi connectivity index (χ4n) is 4.81. The summed E-state index contributed by atoms with van der Waals surface area (Å²) in [5.41, 5.74) is 1.79. The second kappa shape index (κ2) is 13.9. The van der Waals surface area contributed by atoms with Gasteiger partial charge in [-0.3, -0.25) is 19.3 Å². The summed E-state index contributed by atoms with van der Waals surface area (Å²) in [5.74, 6) is -0.558. The predicted molar refractivity (Wildman–Crippen MR) is 154 cm³/mol. The first kappa shape index (κ1) is 29.9. The van der Waals surface area contributed by atoms with Crippen molar-refractivity contribution in [2.45, 2.75) is 64.8 Å². The molecule has 0 saturated carbocycles. The van der Waals surface area contributed by atoms with E-state index < -0.39 is 30.1 Å². The van der Waals surface area contributed by atoms with Gasteiger partial charge in [0, 0.05) is 12.6 Å². The number of carbonyl (C=O) groups excluding carboxylic acids is 3. The number of ether oxygens (including phenoxy) is 1. The molecule has 3 amide bonds. The van der Waals surface area contributed by atoms with Gasteiger partial charge in [-0.25, -0.2) is 0 Å². The van der Waals surface area contributed by atoms with Crippen LogP contribution in [-0.2, 0) is 20.8 Å². The number of carbonyl (C=O) groups is 3. The van der Waals surface area contributed by atoms with Crippen LogP contribution in [0, 0.1) is 11.8 Å². The van der Waals surface area contributed by atoms with E-state index in [0.717, 1.165) is 17.5 Å². The Kier molecular flexibility index (Phi) is 10.7. The van der Waals surface area contributed by atoms with E-state index in [2.05, 4.69) is 16.0 Å². The van der Waals surface area contributed by atoms with Gasteiger partial charge in [-0.1, -0.05) is 76.6 Å². The van der Waals surface area contributed by atoms with Crippen LogP contribution in [0.5, 0.6) is 5.75 Å². The van der Waals surface area contributed by atoms with Gasteiger partial charge in [-0.2, -0.15) is 0 Å². The highest BCUT2D eigenvalue weighted by molar-refractivity contribution is 5.94. The van der Waals surface area contributed by atoms with E-state index in [0.29, 0.717) is 12.2 Å². The van der Waals surface area contributed by atoms with Crippen LogP contribution in [0.4, 0.5) is 0 Å². The number of nitrogens with one attached hydrogen (secondary N) is 3. The number of benzene rings is 2. The molecule has 0 spiro atoms. The van der Waals surface area contributed by atoms with E-state index in [4.69, 9.17) is 4.74 Å². The molecular weight excluding hydrogens is 492 g/mol. The molecule has 0 aliphatic carbocycles. The Hall–Kier alpha value is -3.65. The van der Waals surface area contributed by atoms with Crippen LogP contribution in [-0.4, -0.2) is 60.9 Å². The second-order valence-electron chi connectivity index (χ2n) is 10.8. The molecule has 210 valence electrons. The third-order valence-corrected chi connectivity index (χ3v) is 7.14. The summed E-state index contributed by atoms with van der Waals surface area (Å²) in [6.07, 6.45) is 3.77. The largest absolute Gasteiger partial charge is 0.487 e. The molecule has 39 heavy (non-hydrogen) atoms. The lowest BCUT2D eigenvalue weighted by Crippen LogP contribution is -2.62. The van der Waals surface area contributed by atoms with Crippen LogP contribution in [0.15, 0.2) is 60.8 Å². The zero-order chi connectivity index (χ0) is 28.5. The van der Waals surface area contributed by atoms with Gasteiger partial charge in [0.15, 0.2) is 0 Å². The van der Waals surface area contributed by atoms with E-state index in [1.165, 1.54) is 0 Å². The van der Waals surface area contributed by atoms with Gasteiger partial charge in [0.25, 0.3) is 0 Å². The fourth-order valence-corrected chi connectivity index (χ4v) is 4.81. The summed E-state index contributed by atoms with van der Waals surface area (Å²) in [6, 6.07) is 14.6. The van der Waals surface area contributed by atoms with Gasteiger partial charge in [-0.15, -0.1) is 0 Å². The van der Waals surface area contributed by atoms with Gasteiger partial charge in [0.2, 0.25) is 17.7 Å². The maximum Gasteiger partial charge on any atom is 0.247 e. The highest BCUT2D eigenvalue weighted by Crippen LogP contribution is 2.21. The molecule has 0 radical (unpaired) electrons. The van der Waals surface area contributed by atoms with Crippen LogP contribution >= 0.6 is 0 Å². The van der Waals surface area contributed by atoms with Gasteiger partial charge in [-0.05, 0) is 55.3 Å². The molecule has 2 aromatic rings. The summed E-state index contributed by atoms with van der Waals surface area (Å²) in [5, 5.41) is 8.72. The molecule has 2 aliphatic rings. The lowest BCUT2D eigenvalue weighted by molar-refractivity contribution is -0.136. The summed E-state index contributed by atoms with van der Waals surface area (Å²) < 4.78 is 6.35. The number of amides is 3. The van der Waals surface area contributed by atoms with Gasteiger partial charge >= 0.3 is 0 Å². The zero-order valence-electron chi connectivity index (χ0n) is 23.8. The molecule has 0 aromatic heterocycles. The maximum absolute atomic E-state index is 14.0. The minimum Gasteiger partial charge on any atom is -0.487 e. The minimum atomic E-state index is -1.03. The van der Waals surface area contributed by atoms with Crippen LogP contribution in [0.3, 0.4) is 0 Å². The molecule has 5 unspecified atom stereocenters. The quantitative estimate of drug-likeness (QED) is 0.482. The van der Waals surface area contributed by atoms with Crippen LogP contribution in [0.25, 0.3) is 6.08 Å². The number of rotatable bonds is 8. The standard InChI is InChI=1S/C31H42N4O4/c1-7-21(4)27(35(5)6)31(38)34-26-28(20(2)3)39-24-15-13-22(14-16-24)17-18-32-29(36)25(33-30(26)37)19-23-11-9-8-10-12-23/h8-18,20-21,25-28H,7,19H2,1-6H3,(H,32,36)(H,33,37)(H,34,38). The number of hydrogen-bond donors (Lipinski definition) is 3. The van der Waals surface area contributed by atoms with Gasteiger partial charge < -0.3 is 20.7 Å². The summed E-state index contributed by atoms with van der Waals surface area (Å²) in [6.45, 7) is 7.95. The summed E-state index contributed by atoms with van der Waals surface area (Å²) in [4.78, 5) is 42.7. The molecule has 2 heterocycles. The van der Waals surface area contributed by atoms with E-state index in [-0.39, 0.29) is 23.7 Å². The Bertz CT molecular complexity index is 1130. The molecule has 2 aliphatic heterocycles. The maximum atomic E-state index is 14.0. The van der Waals surface area contributed by atoms with Crippen molar-refractivity contribution in [1.29, 1.82) is 0 Å². The van der Waals surface area contributed by atoms with Crippen molar-refractivity contribution in [2.24, 2.45) is 11.8 Å². The van der Waals surface area contributed by atoms with Crippen molar-refractivity contribution in [3.63, 3.8) is 0 Å².